The molecule has 17 heavy (non-hydrogen) atoms. The molecule has 0 atom stereocenters. The van der Waals surface area contributed by atoms with Crippen molar-refractivity contribution in [2.24, 2.45) is 0 Å². The predicted molar refractivity (Wildman–Crippen MR) is 63.9 cm³/mol. The van der Waals surface area contributed by atoms with Crippen LogP contribution >= 0.6 is 11.3 Å². The molecule has 2 aromatic heterocycles. The van der Waals surface area contributed by atoms with Gasteiger partial charge in [0.05, 0.1) is 11.4 Å². The Kier molecular flexibility index (Phi) is 3.51. The highest BCUT2D eigenvalue weighted by Gasteiger charge is 2.09. The predicted octanol–water partition coefficient (Wildman–Crippen LogP) is 0.840. The zero-order chi connectivity index (χ0) is 12.1. The van der Waals surface area contributed by atoms with Gasteiger partial charge in [-0.2, -0.15) is 0 Å². The van der Waals surface area contributed by atoms with Crippen LogP contribution in [0.2, 0.25) is 0 Å². The van der Waals surface area contributed by atoms with E-state index < -0.39 is 0 Å². The summed E-state index contributed by atoms with van der Waals surface area (Å²) in [4.78, 5) is 30.1. The number of amides is 2. The molecule has 6 nitrogen and oxygen atoms in total. The second kappa shape index (κ2) is 5.26. The maximum absolute atomic E-state index is 11.5. The lowest BCUT2D eigenvalue weighted by Crippen LogP contribution is -2.32. The lowest BCUT2D eigenvalue weighted by molar-refractivity contribution is -0.115. The van der Waals surface area contributed by atoms with Crippen LogP contribution in [-0.2, 0) is 4.79 Å². The molecule has 0 aliphatic carbocycles. The van der Waals surface area contributed by atoms with Crippen LogP contribution in [0.1, 0.15) is 9.67 Å². The molecular formula is C10H10N4O2S. The van der Waals surface area contributed by atoms with Gasteiger partial charge in [0.25, 0.3) is 5.91 Å². The van der Waals surface area contributed by atoms with Gasteiger partial charge in [0.15, 0.2) is 0 Å². The second-order valence-electron chi connectivity index (χ2n) is 3.15. The summed E-state index contributed by atoms with van der Waals surface area (Å²) in [6.07, 6.45) is 3.12. The number of rotatable bonds is 4. The van der Waals surface area contributed by atoms with Crippen molar-refractivity contribution in [3.8, 4) is 0 Å². The summed E-state index contributed by atoms with van der Waals surface area (Å²) in [6, 6.07) is 3.48. The van der Waals surface area contributed by atoms with E-state index in [2.05, 4.69) is 20.6 Å². The van der Waals surface area contributed by atoms with Crippen LogP contribution < -0.4 is 10.6 Å². The first kappa shape index (κ1) is 11.3. The Labute approximate surface area is 101 Å². The SMILES string of the molecule is O=C(CNC(=O)c1cccs1)Nc1ncc[nH]1. The minimum Gasteiger partial charge on any atom is -0.342 e. The Balaban J connectivity index is 1.79. The van der Waals surface area contributed by atoms with E-state index in [1.54, 1.807) is 23.7 Å². The Hall–Kier alpha value is -2.15. The van der Waals surface area contributed by atoms with Crippen molar-refractivity contribution >= 4 is 29.1 Å². The fourth-order valence-corrected chi connectivity index (χ4v) is 1.81. The molecule has 2 rings (SSSR count). The summed E-state index contributed by atoms with van der Waals surface area (Å²) in [5.41, 5.74) is 0. The fraction of sp³-hybridized carbons (Fsp3) is 0.100. The van der Waals surface area contributed by atoms with Crippen LogP contribution in [0.3, 0.4) is 0 Å². The number of imidazole rings is 1. The zero-order valence-corrected chi connectivity index (χ0v) is 9.58. The van der Waals surface area contributed by atoms with Gasteiger partial charge in [0, 0.05) is 12.4 Å². The first-order chi connectivity index (χ1) is 8.25. The summed E-state index contributed by atoms with van der Waals surface area (Å²) >= 11 is 1.33. The molecule has 0 radical (unpaired) electrons. The molecule has 0 saturated heterocycles. The molecule has 2 heterocycles. The molecule has 88 valence electrons. The summed E-state index contributed by atoms with van der Waals surface area (Å²) in [5, 5.41) is 6.82. The van der Waals surface area contributed by atoms with Gasteiger partial charge in [-0.15, -0.1) is 11.3 Å². The molecule has 2 amide bonds. The normalized spacial score (nSPS) is 9.88. The third kappa shape index (κ3) is 3.15. The van der Waals surface area contributed by atoms with Gasteiger partial charge in [0.1, 0.15) is 0 Å². The molecule has 3 N–H and O–H groups in total. The van der Waals surface area contributed by atoms with Crippen molar-refractivity contribution in [1.82, 2.24) is 15.3 Å². The zero-order valence-electron chi connectivity index (χ0n) is 8.77. The molecule has 0 unspecified atom stereocenters. The smallest absolute Gasteiger partial charge is 0.261 e. The molecule has 0 bridgehead atoms. The van der Waals surface area contributed by atoms with Gasteiger partial charge >= 0.3 is 0 Å². The molecule has 0 aliphatic rings. The number of nitrogens with one attached hydrogen (secondary N) is 3. The lowest BCUT2D eigenvalue weighted by atomic mass is 10.4. The minimum absolute atomic E-state index is 0.0859. The van der Waals surface area contributed by atoms with Crippen molar-refractivity contribution in [3.63, 3.8) is 0 Å². The highest BCUT2D eigenvalue weighted by molar-refractivity contribution is 7.12. The standard InChI is InChI=1S/C10H10N4O2S/c15-8(14-10-11-3-4-12-10)6-13-9(16)7-2-1-5-17-7/h1-5H,6H2,(H,13,16)(H2,11,12,14,15). The number of nitrogens with zero attached hydrogens (tertiary/aromatic N) is 1. The van der Waals surface area contributed by atoms with Gasteiger partial charge < -0.3 is 10.3 Å². The van der Waals surface area contributed by atoms with Crippen molar-refractivity contribution in [2.75, 3.05) is 11.9 Å². The highest BCUT2D eigenvalue weighted by atomic mass is 32.1. The number of aromatic nitrogens is 2. The number of hydrogen-bond acceptors (Lipinski definition) is 4. The van der Waals surface area contributed by atoms with E-state index in [1.165, 1.54) is 17.5 Å². The Morgan fingerprint density at radius 2 is 2.35 bits per heavy atom. The summed E-state index contributed by atoms with van der Waals surface area (Å²) < 4.78 is 0. The van der Waals surface area contributed by atoms with E-state index in [0.29, 0.717) is 10.8 Å². The van der Waals surface area contributed by atoms with Crippen LogP contribution in [0.25, 0.3) is 0 Å². The third-order valence-electron chi connectivity index (χ3n) is 1.91. The topological polar surface area (TPSA) is 86.9 Å². The molecule has 0 aromatic carbocycles. The molecule has 0 saturated carbocycles. The second-order valence-corrected chi connectivity index (χ2v) is 4.09. The van der Waals surface area contributed by atoms with Crippen LogP contribution in [0.5, 0.6) is 0 Å². The molecule has 0 fully saturated rings. The summed E-state index contributed by atoms with van der Waals surface area (Å²) in [7, 11) is 0. The largest absolute Gasteiger partial charge is 0.342 e. The van der Waals surface area contributed by atoms with Crippen LogP contribution in [0.15, 0.2) is 29.9 Å². The molecule has 2 aromatic rings. The van der Waals surface area contributed by atoms with Gasteiger partial charge in [-0.3, -0.25) is 14.9 Å². The van der Waals surface area contributed by atoms with Crippen molar-refractivity contribution < 1.29 is 9.59 Å². The van der Waals surface area contributed by atoms with E-state index >= 15 is 0 Å². The number of hydrogen-bond donors (Lipinski definition) is 3. The van der Waals surface area contributed by atoms with Crippen molar-refractivity contribution in [1.29, 1.82) is 0 Å². The molecule has 7 heteroatoms. The summed E-state index contributed by atoms with van der Waals surface area (Å²) in [5.74, 6) is -0.222. The quantitative estimate of drug-likeness (QED) is 0.751. The lowest BCUT2D eigenvalue weighted by Gasteiger charge is -2.03. The van der Waals surface area contributed by atoms with E-state index in [9.17, 15) is 9.59 Å². The molecule has 0 spiro atoms. The Morgan fingerprint density at radius 3 is 3.00 bits per heavy atom. The van der Waals surface area contributed by atoms with Gasteiger partial charge in [-0.25, -0.2) is 4.98 Å². The maximum atomic E-state index is 11.5. The van der Waals surface area contributed by atoms with E-state index in [-0.39, 0.29) is 18.4 Å². The van der Waals surface area contributed by atoms with E-state index in [0.717, 1.165) is 0 Å². The number of carbonyl (C=O) groups excluding carboxylic acids is 2. The average Bonchev–Trinajstić information content (AvgIpc) is 2.97. The van der Waals surface area contributed by atoms with Gasteiger partial charge in [0.2, 0.25) is 11.9 Å². The minimum atomic E-state index is -0.329. The average molecular weight is 250 g/mol. The number of H-pyrrole nitrogens is 1. The molecular weight excluding hydrogens is 240 g/mol. The maximum Gasteiger partial charge on any atom is 0.261 e. The Bertz CT molecular complexity index is 492. The number of anilines is 1. The fourth-order valence-electron chi connectivity index (χ4n) is 1.17. The summed E-state index contributed by atoms with van der Waals surface area (Å²) in [6.45, 7) is -0.0859. The van der Waals surface area contributed by atoms with Crippen LogP contribution in [-0.4, -0.2) is 28.3 Å². The van der Waals surface area contributed by atoms with Crippen molar-refractivity contribution in [3.05, 3.63) is 34.8 Å². The van der Waals surface area contributed by atoms with E-state index in [4.69, 9.17) is 0 Å². The highest BCUT2D eigenvalue weighted by Crippen LogP contribution is 2.07. The van der Waals surface area contributed by atoms with Crippen LogP contribution in [0, 0.1) is 0 Å². The number of aromatic amines is 1. The Morgan fingerprint density at radius 1 is 1.47 bits per heavy atom. The number of thiophene rings is 1. The van der Waals surface area contributed by atoms with Crippen molar-refractivity contribution in [2.45, 2.75) is 0 Å². The third-order valence-corrected chi connectivity index (χ3v) is 2.78. The molecule has 0 aliphatic heterocycles. The number of carbonyl (C=O) groups is 2. The monoisotopic (exact) mass is 250 g/mol. The first-order valence-corrected chi connectivity index (χ1v) is 5.74. The van der Waals surface area contributed by atoms with Gasteiger partial charge in [-0.1, -0.05) is 6.07 Å². The van der Waals surface area contributed by atoms with Crippen LogP contribution in [0.4, 0.5) is 5.95 Å². The van der Waals surface area contributed by atoms with E-state index in [1.807, 2.05) is 0 Å². The van der Waals surface area contributed by atoms with Gasteiger partial charge in [-0.05, 0) is 11.4 Å². The first-order valence-electron chi connectivity index (χ1n) is 4.86.